The summed E-state index contributed by atoms with van der Waals surface area (Å²) in [6, 6.07) is 6.20. The Morgan fingerprint density at radius 2 is 1.85 bits per heavy atom. The van der Waals surface area contributed by atoms with Crippen molar-refractivity contribution in [3.05, 3.63) is 34.9 Å². The molecular weight excluding hydrogens is 465 g/mol. The quantitative estimate of drug-likeness (QED) is 0.521. The number of alkyl halides is 3. The third-order valence-corrected chi connectivity index (χ3v) is 7.06. The third kappa shape index (κ3) is 4.55. The largest absolute Gasteiger partial charge is 0.449 e. The van der Waals surface area contributed by atoms with Crippen LogP contribution in [0.2, 0.25) is 5.02 Å². The van der Waals surface area contributed by atoms with E-state index in [4.69, 9.17) is 22.1 Å². The number of nitrogens with two attached hydrogens (primary N) is 1. The molecule has 4 amide bonds. The van der Waals surface area contributed by atoms with E-state index in [9.17, 15) is 27.6 Å². The number of hydrogen-bond donors (Lipinski definition) is 3. The molecule has 4 N–H and O–H groups in total. The van der Waals surface area contributed by atoms with Crippen LogP contribution in [0.25, 0.3) is 0 Å². The molecule has 5 rings (SSSR count). The number of carbonyl (C=O) groups excluding carboxylic acids is 3. The van der Waals surface area contributed by atoms with Crippen LogP contribution in [0.3, 0.4) is 0 Å². The van der Waals surface area contributed by atoms with Gasteiger partial charge in [0.1, 0.15) is 12.0 Å². The van der Waals surface area contributed by atoms with Crippen molar-refractivity contribution in [1.82, 2.24) is 15.5 Å². The molecule has 4 fully saturated rings. The van der Waals surface area contributed by atoms with E-state index in [0.29, 0.717) is 24.3 Å². The number of benzene rings is 1. The summed E-state index contributed by atoms with van der Waals surface area (Å²) < 4.78 is 43.9. The smallest absolute Gasteiger partial charge is 0.407 e. The van der Waals surface area contributed by atoms with E-state index in [2.05, 4.69) is 10.6 Å². The number of urea groups is 1. The van der Waals surface area contributed by atoms with Gasteiger partial charge >= 0.3 is 18.3 Å². The van der Waals surface area contributed by atoms with E-state index in [0.717, 1.165) is 5.56 Å². The lowest BCUT2D eigenvalue weighted by Gasteiger charge is -2.73. The van der Waals surface area contributed by atoms with Gasteiger partial charge in [0.05, 0.1) is 17.6 Å². The lowest BCUT2D eigenvalue weighted by atomic mass is 9.43. The van der Waals surface area contributed by atoms with Crippen LogP contribution in [0.1, 0.15) is 37.7 Å². The first kappa shape index (κ1) is 23.5. The molecule has 4 aliphatic carbocycles. The topological polar surface area (TPSA) is 114 Å². The van der Waals surface area contributed by atoms with Gasteiger partial charge in [-0.3, -0.25) is 4.79 Å². The molecule has 33 heavy (non-hydrogen) atoms. The molecule has 1 aromatic rings. The number of nitrogens with one attached hydrogen (secondary N) is 2. The first-order chi connectivity index (χ1) is 15.4. The van der Waals surface area contributed by atoms with Crippen molar-refractivity contribution in [2.45, 2.75) is 55.9 Å². The molecular formula is C21H24ClF3N4O4. The average Bonchev–Trinajstić information content (AvgIpc) is 3.46. The van der Waals surface area contributed by atoms with E-state index in [1.165, 1.54) is 0 Å². The first-order valence-electron chi connectivity index (χ1n) is 10.5. The molecule has 4 saturated carbocycles. The molecule has 0 saturated heterocycles. The monoisotopic (exact) mass is 488 g/mol. The number of ether oxygens (including phenoxy) is 1. The van der Waals surface area contributed by atoms with Crippen LogP contribution in [-0.2, 0) is 16.1 Å². The van der Waals surface area contributed by atoms with E-state index in [-0.39, 0.29) is 31.8 Å². The van der Waals surface area contributed by atoms with Gasteiger partial charge in [-0.2, -0.15) is 13.2 Å². The minimum absolute atomic E-state index is 0.0437. The standard InChI is InChI=1S/C21H24ClF3N4O4/c22-14-3-1-2-13(6-14)8-29(15(30)7-27-16(26)31)20-9-19(10-20,11-20)28-17(32)33-12-18(4-5-18)21(23,24)25/h1-3,6H,4-5,7-12H2,(H,28,32)(H3,26,27,31). The molecule has 0 radical (unpaired) electrons. The van der Waals surface area contributed by atoms with Crippen molar-refractivity contribution < 1.29 is 32.3 Å². The predicted molar refractivity (Wildman–Crippen MR) is 111 cm³/mol. The number of hydrogen-bond acceptors (Lipinski definition) is 4. The minimum atomic E-state index is -4.40. The van der Waals surface area contributed by atoms with Crippen LogP contribution >= 0.6 is 11.6 Å². The highest BCUT2D eigenvalue weighted by molar-refractivity contribution is 6.30. The molecule has 0 aliphatic heterocycles. The van der Waals surface area contributed by atoms with Crippen LogP contribution in [0.15, 0.2) is 24.3 Å². The molecule has 0 spiro atoms. The van der Waals surface area contributed by atoms with Crippen LogP contribution in [0, 0.1) is 5.41 Å². The lowest BCUT2D eigenvalue weighted by molar-refractivity contribution is -0.199. The summed E-state index contributed by atoms with van der Waals surface area (Å²) in [4.78, 5) is 37.6. The maximum atomic E-state index is 13.0. The van der Waals surface area contributed by atoms with Gasteiger partial charge in [-0.05, 0) is 49.8 Å². The molecule has 0 unspecified atom stereocenters. The Hall–Kier alpha value is -2.69. The van der Waals surface area contributed by atoms with Crippen molar-refractivity contribution in [1.29, 1.82) is 0 Å². The Kier molecular flexibility index (Phi) is 5.66. The van der Waals surface area contributed by atoms with Gasteiger partial charge in [-0.15, -0.1) is 0 Å². The van der Waals surface area contributed by atoms with Crippen molar-refractivity contribution in [3.63, 3.8) is 0 Å². The fraction of sp³-hybridized carbons (Fsp3) is 0.571. The SMILES string of the molecule is NC(=O)NCC(=O)N(Cc1cccc(Cl)c1)C12CC(NC(=O)OCC3(C(F)(F)F)CC3)(C1)C2. The zero-order valence-electron chi connectivity index (χ0n) is 17.6. The summed E-state index contributed by atoms with van der Waals surface area (Å²) in [5.41, 5.74) is 2.80. The molecule has 0 aromatic heterocycles. The van der Waals surface area contributed by atoms with E-state index in [1.54, 1.807) is 23.1 Å². The van der Waals surface area contributed by atoms with Gasteiger partial charge in [-0.1, -0.05) is 23.7 Å². The van der Waals surface area contributed by atoms with Gasteiger partial charge in [0, 0.05) is 11.6 Å². The van der Waals surface area contributed by atoms with E-state index < -0.39 is 41.4 Å². The van der Waals surface area contributed by atoms with Gasteiger partial charge in [0.2, 0.25) is 5.91 Å². The maximum absolute atomic E-state index is 13.0. The van der Waals surface area contributed by atoms with E-state index >= 15 is 0 Å². The predicted octanol–water partition coefficient (Wildman–Crippen LogP) is 3.08. The maximum Gasteiger partial charge on any atom is 0.407 e. The van der Waals surface area contributed by atoms with Gasteiger partial charge in [0.15, 0.2) is 0 Å². The highest BCUT2D eigenvalue weighted by Crippen LogP contribution is 2.64. The van der Waals surface area contributed by atoms with Crippen molar-refractivity contribution >= 4 is 29.6 Å². The number of halogens is 4. The Balaban J connectivity index is 1.36. The zero-order chi connectivity index (χ0) is 24.1. The second kappa shape index (κ2) is 7.96. The second-order valence-corrected chi connectivity index (χ2v) is 9.78. The molecule has 0 heterocycles. The Labute approximate surface area is 192 Å². The highest BCUT2D eigenvalue weighted by Gasteiger charge is 2.72. The molecule has 180 valence electrons. The van der Waals surface area contributed by atoms with Crippen LogP contribution in [0.4, 0.5) is 22.8 Å². The fourth-order valence-electron chi connectivity index (χ4n) is 4.87. The van der Waals surface area contributed by atoms with Crippen molar-refractivity contribution in [3.8, 4) is 0 Å². The number of amides is 4. The summed E-state index contributed by atoms with van der Waals surface area (Å²) in [5, 5.41) is 5.48. The number of rotatable bonds is 8. The average molecular weight is 489 g/mol. The summed E-state index contributed by atoms with van der Waals surface area (Å²) in [6.45, 7) is -0.726. The second-order valence-electron chi connectivity index (χ2n) is 9.34. The summed E-state index contributed by atoms with van der Waals surface area (Å²) in [6.07, 6.45) is -4.07. The van der Waals surface area contributed by atoms with Gasteiger partial charge < -0.3 is 26.0 Å². The summed E-state index contributed by atoms with van der Waals surface area (Å²) in [5.74, 6) is -0.342. The number of nitrogens with zero attached hydrogens (tertiary/aromatic N) is 1. The van der Waals surface area contributed by atoms with Crippen LogP contribution in [0.5, 0.6) is 0 Å². The molecule has 1 aromatic carbocycles. The number of alkyl carbamates (subject to hydrolysis) is 1. The van der Waals surface area contributed by atoms with Crippen molar-refractivity contribution in [2.24, 2.45) is 11.1 Å². The summed E-state index contributed by atoms with van der Waals surface area (Å²) in [7, 11) is 0. The molecule has 2 bridgehead atoms. The minimum Gasteiger partial charge on any atom is -0.449 e. The van der Waals surface area contributed by atoms with Gasteiger partial charge in [0.25, 0.3) is 0 Å². The number of carbonyl (C=O) groups is 3. The molecule has 0 atom stereocenters. The Bertz CT molecular complexity index is 963. The van der Waals surface area contributed by atoms with Crippen LogP contribution < -0.4 is 16.4 Å². The van der Waals surface area contributed by atoms with Gasteiger partial charge in [-0.25, -0.2) is 9.59 Å². The van der Waals surface area contributed by atoms with Crippen molar-refractivity contribution in [2.75, 3.05) is 13.2 Å². The zero-order valence-corrected chi connectivity index (χ0v) is 18.4. The molecule has 4 aliphatic rings. The van der Waals surface area contributed by atoms with E-state index in [1.807, 2.05) is 6.07 Å². The highest BCUT2D eigenvalue weighted by atomic mass is 35.5. The van der Waals surface area contributed by atoms with Crippen LogP contribution in [-0.4, -0.2) is 53.3 Å². The normalized spacial score (nSPS) is 26.3. The number of primary amides is 1. The molecule has 8 nitrogen and oxygen atoms in total. The third-order valence-electron chi connectivity index (χ3n) is 6.82. The fourth-order valence-corrected chi connectivity index (χ4v) is 5.08. The molecule has 12 heteroatoms. The Morgan fingerprint density at radius 3 is 2.39 bits per heavy atom. The summed E-state index contributed by atoms with van der Waals surface area (Å²) >= 11 is 6.05. The lowest BCUT2D eigenvalue weighted by Crippen LogP contribution is -2.84. The Morgan fingerprint density at radius 1 is 1.18 bits per heavy atom. The first-order valence-corrected chi connectivity index (χ1v) is 10.9.